The van der Waals surface area contributed by atoms with Crippen molar-refractivity contribution in [3.63, 3.8) is 0 Å². The standard InChI is InChI=1S/C21H23NO5/c1-13-18(21(26)27-2)17(12-14-8-10-15(11-9-14)20(24)25)19(23)22(13)16-6-4-3-5-7-16/h8-12,16H,3-7H2,1-2H3,(H,24,25)/b17-12-. The fourth-order valence-corrected chi connectivity index (χ4v) is 3.87. The van der Waals surface area contributed by atoms with E-state index in [1.54, 1.807) is 30.0 Å². The Hall–Kier alpha value is -2.89. The number of hydrogen-bond donors (Lipinski definition) is 1. The van der Waals surface area contributed by atoms with Gasteiger partial charge in [-0.05, 0) is 43.5 Å². The molecule has 0 bridgehead atoms. The summed E-state index contributed by atoms with van der Waals surface area (Å²) in [5, 5.41) is 9.02. The van der Waals surface area contributed by atoms with Crippen molar-refractivity contribution in [1.82, 2.24) is 4.90 Å². The molecule has 1 fully saturated rings. The average molecular weight is 369 g/mol. The van der Waals surface area contributed by atoms with E-state index in [9.17, 15) is 14.4 Å². The fraction of sp³-hybridized carbons (Fsp3) is 0.381. The van der Waals surface area contributed by atoms with E-state index in [-0.39, 0.29) is 23.1 Å². The molecule has 0 aromatic heterocycles. The summed E-state index contributed by atoms with van der Waals surface area (Å²) >= 11 is 0. The number of esters is 1. The molecular formula is C21H23NO5. The van der Waals surface area contributed by atoms with Crippen molar-refractivity contribution >= 4 is 23.9 Å². The van der Waals surface area contributed by atoms with Gasteiger partial charge in [0.15, 0.2) is 0 Å². The zero-order valence-corrected chi connectivity index (χ0v) is 15.5. The molecule has 142 valence electrons. The van der Waals surface area contributed by atoms with Crippen LogP contribution in [0.1, 0.15) is 54.9 Å². The first-order valence-electron chi connectivity index (χ1n) is 9.12. The van der Waals surface area contributed by atoms with Gasteiger partial charge in [-0.2, -0.15) is 0 Å². The van der Waals surface area contributed by atoms with Gasteiger partial charge >= 0.3 is 11.9 Å². The molecule has 0 saturated heterocycles. The first-order chi connectivity index (χ1) is 12.9. The van der Waals surface area contributed by atoms with Gasteiger partial charge in [-0.3, -0.25) is 4.79 Å². The molecule has 1 N–H and O–H groups in total. The lowest BCUT2D eigenvalue weighted by atomic mass is 9.94. The SMILES string of the molecule is COC(=O)C1=C(C)N(C2CCCCC2)C(=O)/C1=C\c1ccc(C(=O)O)cc1. The smallest absolute Gasteiger partial charge is 0.340 e. The highest BCUT2D eigenvalue weighted by atomic mass is 16.5. The zero-order chi connectivity index (χ0) is 19.6. The number of carboxylic acids is 1. The highest BCUT2D eigenvalue weighted by Gasteiger charge is 2.40. The van der Waals surface area contributed by atoms with Crippen molar-refractivity contribution in [3.8, 4) is 0 Å². The molecule has 1 saturated carbocycles. The maximum Gasteiger partial charge on any atom is 0.340 e. The van der Waals surface area contributed by atoms with Crippen molar-refractivity contribution < 1.29 is 24.2 Å². The van der Waals surface area contributed by atoms with Crippen molar-refractivity contribution in [3.05, 3.63) is 52.2 Å². The number of allylic oxidation sites excluding steroid dienone is 1. The van der Waals surface area contributed by atoms with Crippen LogP contribution in [0.2, 0.25) is 0 Å². The predicted molar refractivity (Wildman–Crippen MR) is 99.8 cm³/mol. The number of nitrogens with zero attached hydrogens (tertiary/aromatic N) is 1. The summed E-state index contributed by atoms with van der Waals surface area (Å²) in [6, 6.07) is 6.29. The minimum Gasteiger partial charge on any atom is -0.478 e. The van der Waals surface area contributed by atoms with Crippen LogP contribution in [0.15, 0.2) is 41.1 Å². The van der Waals surface area contributed by atoms with Crippen LogP contribution < -0.4 is 0 Å². The number of methoxy groups -OCH3 is 1. The Labute approximate surface area is 158 Å². The average Bonchev–Trinajstić information content (AvgIpc) is 2.92. The van der Waals surface area contributed by atoms with Gasteiger partial charge in [-0.25, -0.2) is 9.59 Å². The van der Waals surface area contributed by atoms with E-state index in [0.717, 1.165) is 25.7 Å². The number of carboxylic acid groups (broad SMARTS) is 1. The van der Waals surface area contributed by atoms with Crippen LogP contribution in [0, 0.1) is 0 Å². The van der Waals surface area contributed by atoms with Gasteiger partial charge in [0.05, 0.1) is 23.8 Å². The molecule has 1 aromatic rings. The lowest BCUT2D eigenvalue weighted by molar-refractivity contribution is -0.136. The van der Waals surface area contributed by atoms with Crippen LogP contribution in [0.3, 0.4) is 0 Å². The summed E-state index contributed by atoms with van der Waals surface area (Å²) in [6.07, 6.45) is 6.81. The molecule has 1 aromatic carbocycles. The number of aromatic carboxylic acids is 1. The molecule has 0 spiro atoms. The summed E-state index contributed by atoms with van der Waals surface area (Å²) in [4.78, 5) is 38.2. The van der Waals surface area contributed by atoms with Crippen molar-refractivity contribution in [2.24, 2.45) is 0 Å². The summed E-state index contributed by atoms with van der Waals surface area (Å²) in [6.45, 7) is 1.78. The fourth-order valence-electron chi connectivity index (χ4n) is 3.87. The van der Waals surface area contributed by atoms with E-state index in [4.69, 9.17) is 9.84 Å². The Morgan fingerprint density at radius 3 is 2.33 bits per heavy atom. The molecular weight excluding hydrogens is 346 g/mol. The summed E-state index contributed by atoms with van der Waals surface area (Å²) in [5.74, 6) is -1.74. The third-order valence-electron chi connectivity index (χ3n) is 5.24. The third-order valence-corrected chi connectivity index (χ3v) is 5.24. The largest absolute Gasteiger partial charge is 0.478 e. The molecule has 3 rings (SSSR count). The number of carbonyl (C=O) groups is 3. The van der Waals surface area contributed by atoms with Gasteiger partial charge in [-0.1, -0.05) is 31.4 Å². The number of benzene rings is 1. The third kappa shape index (κ3) is 3.65. The van der Waals surface area contributed by atoms with E-state index in [0.29, 0.717) is 16.8 Å². The number of amides is 1. The highest BCUT2D eigenvalue weighted by molar-refractivity contribution is 6.16. The number of carbonyl (C=O) groups excluding carboxylic acids is 2. The lowest BCUT2D eigenvalue weighted by Crippen LogP contribution is -2.37. The van der Waals surface area contributed by atoms with Crippen LogP contribution in [-0.2, 0) is 14.3 Å². The highest BCUT2D eigenvalue weighted by Crippen LogP contribution is 2.36. The van der Waals surface area contributed by atoms with Crippen molar-refractivity contribution in [1.29, 1.82) is 0 Å². The Bertz CT molecular complexity index is 829. The normalized spacial score (nSPS) is 19.7. The van der Waals surface area contributed by atoms with Crippen LogP contribution in [0.5, 0.6) is 0 Å². The number of rotatable bonds is 4. The van der Waals surface area contributed by atoms with Crippen LogP contribution >= 0.6 is 0 Å². The van der Waals surface area contributed by atoms with Crippen molar-refractivity contribution in [2.75, 3.05) is 7.11 Å². The van der Waals surface area contributed by atoms with E-state index in [1.165, 1.54) is 25.7 Å². The van der Waals surface area contributed by atoms with Gasteiger partial charge < -0.3 is 14.7 Å². The van der Waals surface area contributed by atoms with Gasteiger partial charge in [0.1, 0.15) is 0 Å². The quantitative estimate of drug-likeness (QED) is 0.650. The second-order valence-corrected chi connectivity index (χ2v) is 6.90. The Balaban J connectivity index is 2.00. The summed E-state index contributed by atoms with van der Waals surface area (Å²) in [5.41, 5.74) is 2.04. The topological polar surface area (TPSA) is 83.9 Å². The number of ether oxygens (including phenoxy) is 1. The van der Waals surface area contributed by atoms with Gasteiger partial charge in [0.2, 0.25) is 0 Å². The predicted octanol–water partition coefficient (Wildman–Crippen LogP) is 3.39. The van der Waals surface area contributed by atoms with E-state index < -0.39 is 11.9 Å². The second-order valence-electron chi connectivity index (χ2n) is 6.90. The molecule has 1 heterocycles. The zero-order valence-electron chi connectivity index (χ0n) is 15.5. The van der Waals surface area contributed by atoms with Gasteiger partial charge in [0.25, 0.3) is 5.91 Å². The first kappa shape index (κ1) is 18.9. The van der Waals surface area contributed by atoms with Crippen LogP contribution in [0.25, 0.3) is 6.08 Å². The molecule has 1 amide bonds. The summed E-state index contributed by atoms with van der Waals surface area (Å²) in [7, 11) is 1.30. The molecule has 0 atom stereocenters. The molecule has 6 nitrogen and oxygen atoms in total. The molecule has 6 heteroatoms. The van der Waals surface area contributed by atoms with E-state index in [2.05, 4.69) is 0 Å². The minimum absolute atomic E-state index is 0.103. The Morgan fingerprint density at radius 2 is 1.78 bits per heavy atom. The van der Waals surface area contributed by atoms with Crippen molar-refractivity contribution in [2.45, 2.75) is 45.1 Å². The maximum atomic E-state index is 13.1. The summed E-state index contributed by atoms with van der Waals surface area (Å²) < 4.78 is 4.91. The maximum absolute atomic E-state index is 13.1. The molecule has 1 aliphatic heterocycles. The van der Waals surface area contributed by atoms with Gasteiger partial charge in [-0.15, -0.1) is 0 Å². The van der Waals surface area contributed by atoms with E-state index in [1.807, 2.05) is 0 Å². The molecule has 0 unspecified atom stereocenters. The second kappa shape index (κ2) is 7.78. The number of hydrogen-bond acceptors (Lipinski definition) is 4. The minimum atomic E-state index is -1.01. The molecule has 1 aliphatic carbocycles. The molecule has 2 aliphatic rings. The van der Waals surface area contributed by atoms with Crippen LogP contribution in [0.4, 0.5) is 0 Å². The lowest BCUT2D eigenvalue weighted by Gasteiger charge is -2.32. The van der Waals surface area contributed by atoms with Gasteiger partial charge in [0, 0.05) is 11.7 Å². The first-order valence-corrected chi connectivity index (χ1v) is 9.12. The Morgan fingerprint density at radius 1 is 1.15 bits per heavy atom. The molecule has 27 heavy (non-hydrogen) atoms. The van der Waals surface area contributed by atoms with E-state index >= 15 is 0 Å². The van der Waals surface area contributed by atoms with Crippen LogP contribution in [-0.4, -0.2) is 41.0 Å². The monoisotopic (exact) mass is 369 g/mol. The molecule has 0 radical (unpaired) electrons. The Kier molecular flexibility index (Phi) is 5.44.